The van der Waals surface area contributed by atoms with Crippen LogP contribution in [0.5, 0.6) is 0 Å². The topological polar surface area (TPSA) is 67.2 Å². The first-order valence-corrected chi connectivity index (χ1v) is 7.84. The molecule has 3 aromatic rings. The summed E-state index contributed by atoms with van der Waals surface area (Å²) < 4.78 is 15.1. The molecule has 5 nitrogen and oxygen atoms in total. The number of nitrogens with one attached hydrogen (secondary N) is 1. The number of anilines is 1. The minimum absolute atomic E-state index is 0.157. The van der Waals surface area contributed by atoms with E-state index in [1.54, 1.807) is 18.3 Å². The van der Waals surface area contributed by atoms with E-state index in [1.165, 1.54) is 18.2 Å². The van der Waals surface area contributed by atoms with Gasteiger partial charge in [-0.2, -0.15) is 0 Å². The minimum atomic E-state index is -1.06. The van der Waals surface area contributed by atoms with Gasteiger partial charge in [0.05, 0.1) is 12.5 Å². The van der Waals surface area contributed by atoms with Gasteiger partial charge in [0.15, 0.2) is 0 Å². The Hall–Kier alpha value is -2.99. The van der Waals surface area contributed by atoms with Crippen molar-refractivity contribution in [1.82, 2.24) is 9.55 Å². The van der Waals surface area contributed by atoms with Crippen LogP contribution >= 0.6 is 0 Å². The molecule has 1 unspecified atom stereocenters. The first kappa shape index (κ1) is 16.9. The van der Waals surface area contributed by atoms with Crippen LogP contribution in [-0.2, 0) is 11.8 Å². The van der Waals surface area contributed by atoms with Crippen LogP contribution in [0.15, 0.2) is 60.9 Å². The van der Waals surface area contributed by atoms with Crippen molar-refractivity contribution >= 4 is 11.6 Å². The fourth-order valence-electron chi connectivity index (χ4n) is 2.60. The predicted molar refractivity (Wildman–Crippen MR) is 93.3 cm³/mol. The van der Waals surface area contributed by atoms with Gasteiger partial charge in [-0.05, 0) is 29.8 Å². The lowest BCUT2D eigenvalue weighted by atomic mass is 10.1. The smallest absolute Gasteiger partial charge is 0.227 e. The molecule has 0 fully saturated rings. The Balaban J connectivity index is 1.68. The zero-order valence-corrected chi connectivity index (χ0v) is 13.7. The fourth-order valence-corrected chi connectivity index (χ4v) is 2.60. The number of rotatable bonds is 5. The average molecular weight is 339 g/mol. The molecule has 0 aliphatic heterocycles. The van der Waals surface area contributed by atoms with Crippen LogP contribution < -0.4 is 5.32 Å². The molecule has 2 N–H and O–H groups in total. The molecule has 0 saturated heterocycles. The van der Waals surface area contributed by atoms with Gasteiger partial charge in [-0.15, -0.1) is 0 Å². The maximum absolute atomic E-state index is 13.2. The summed E-state index contributed by atoms with van der Waals surface area (Å²) in [5.41, 5.74) is 1.85. The minimum Gasteiger partial charge on any atom is -0.388 e. The van der Waals surface area contributed by atoms with Crippen molar-refractivity contribution in [3.05, 3.63) is 72.3 Å². The Labute approximate surface area is 144 Å². The number of aryl methyl sites for hydroxylation is 1. The van der Waals surface area contributed by atoms with Crippen LogP contribution in [0.25, 0.3) is 11.4 Å². The molecule has 3 rings (SSSR count). The van der Waals surface area contributed by atoms with E-state index in [2.05, 4.69) is 10.3 Å². The van der Waals surface area contributed by atoms with Crippen molar-refractivity contribution in [1.29, 1.82) is 0 Å². The molecule has 128 valence electrons. The van der Waals surface area contributed by atoms with Crippen LogP contribution in [0.4, 0.5) is 10.1 Å². The first-order valence-electron chi connectivity index (χ1n) is 7.84. The zero-order chi connectivity index (χ0) is 17.8. The maximum atomic E-state index is 13.2. The number of halogens is 1. The Morgan fingerprint density at radius 2 is 2.08 bits per heavy atom. The summed E-state index contributed by atoms with van der Waals surface area (Å²) in [6, 6.07) is 12.9. The zero-order valence-electron chi connectivity index (χ0n) is 13.7. The summed E-state index contributed by atoms with van der Waals surface area (Å²) in [6.07, 6.45) is 2.33. The molecule has 0 aliphatic carbocycles. The maximum Gasteiger partial charge on any atom is 0.227 e. The number of aliphatic hydroxyl groups is 1. The highest BCUT2D eigenvalue weighted by Crippen LogP contribution is 2.22. The number of benzene rings is 2. The molecule has 25 heavy (non-hydrogen) atoms. The number of carbonyl (C=O) groups excluding carboxylic acids is 1. The molecule has 1 amide bonds. The lowest BCUT2D eigenvalue weighted by Crippen LogP contribution is -2.15. The first-order chi connectivity index (χ1) is 12.0. The van der Waals surface area contributed by atoms with Crippen molar-refractivity contribution in [2.45, 2.75) is 12.5 Å². The van der Waals surface area contributed by atoms with E-state index in [-0.39, 0.29) is 12.3 Å². The van der Waals surface area contributed by atoms with Gasteiger partial charge < -0.3 is 15.0 Å². The van der Waals surface area contributed by atoms with Gasteiger partial charge in [0.25, 0.3) is 0 Å². The van der Waals surface area contributed by atoms with E-state index in [0.29, 0.717) is 11.3 Å². The molecular weight excluding hydrogens is 321 g/mol. The van der Waals surface area contributed by atoms with Gasteiger partial charge in [0.2, 0.25) is 5.91 Å². The van der Waals surface area contributed by atoms with E-state index in [4.69, 9.17) is 0 Å². The number of nitrogens with zero attached hydrogens (tertiary/aromatic N) is 2. The lowest BCUT2D eigenvalue weighted by Gasteiger charge is -2.12. The highest BCUT2D eigenvalue weighted by Gasteiger charge is 2.14. The predicted octanol–water partition coefficient (Wildman–Crippen LogP) is 3.29. The molecule has 0 saturated carbocycles. The van der Waals surface area contributed by atoms with Gasteiger partial charge in [0.1, 0.15) is 11.6 Å². The van der Waals surface area contributed by atoms with Crippen LogP contribution in [0.1, 0.15) is 18.1 Å². The monoisotopic (exact) mass is 339 g/mol. The Kier molecular flexibility index (Phi) is 4.90. The molecule has 0 bridgehead atoms. The van der Waals surface area contributed by atoms with Crippen LogP contribution in [0, 0.1) is 5.82 Å². The van der Waals surface area contributed by atoms with Crippen molar-refractivity contribution in [2.24, 2.45) is 7.05 Å². The summed E-state index contributed by atoms with van der Waals surface area (Å²) >= 11 is 0. The van der Waals surface area contributed by atoms with Crippen LogP contribution in [0.3, 0.4) is 0 Å². The molecule has 2 aromatic carbocycles. The van der Waals surface area contributed by atoms with Crippen molar-refractivity contribution in [2.75, 3.05) is 5.32 Å². The second-order valence-electron chi connectivity index (χ2n) is 5.77. The number of aliphatic hydroxyl groups excluding tert-OH is 1. The quantitative estimate of drug-likeness (QED) is 0.749. The molecule has 1 heterocycles. The summed E-state index contributed by atoms with van der Waals surface area (Å²) in [5, 5.41) is 12.8. The standard InChI is InChI=1S/C19H18FN3O2/c1-23-9-8-21-19(23)14-5-3-7-16(11-14)22-18(25)12-17(24)13-4-2-6-15(20)10-13/h2-11,17,24H,12H2,1H3,(H,22,25). The number of imidazole rings is 1. The van der Waals surface area contributed by atoms with Gasteiger partial charge >= 0.3 is 0 Å². The summed E-state index contributed by atoms with van der Waals surface area (Å²) in [4.78, 5) is 16.4. The Morgan fingerprint density at radius 3 is 2.80 bits per heavy atom. The highest BCUT2D eigenvalue weighted by atomic mass is 19.1. The van der Waals surface area contributed by atoms with Gasteiger partial charge in [-0.1, -0.05) is 24.3 Å². The second kappa shape index (κ2) is 7.27. The summed E-state index contributed by atoms with van der Waals surface area (Å²) in [5.74, 6) is -0.00984. The molecule has 1 aromatic heterocycles. The molecule has 0 radical (unpaired) electrons. The molecule has 6 heteroatoms. The Bertz CT molecular complexity index is 892. The number of amides is 1. The Morgan fingerprint density at radius 1 is 1.28 bits per heavy atom. The van der Waals surface area contributed by atoms with E-state index in [1.807, 2.05) is 36.0 Å². The number of hydrogen-bond acceptors (Lipinski definition) is 3. The van der Waals surface area contributed by atoms with Gasteiger partial charge in [-0.25, -0.2) is 9.37 Å². The third kappa shape index (κ3) is 4.10. The number of carbonyl (C=O) groups is 1. The lowest BCUT2D eigenvalue weighted by molar-refractivity contribution is -0.118. The van der Waals surface area contributed by atoms with E-state index < -0.39 is 11.9 Å². The normalized spacial score (nSPS) is 12.0. The fraction of sp³-hybridized carbons (Fsp3) is 0.158. The summed E-state index contributed by atoms with van der Waals surface area (Å²) in [7, 11) is 1.89. The van der Waals surface area contributed by atoms with Gasteiger partial charge in [0, 0.05) is 30.7 Å². The molecule has 0 spiro atoms. The SMILES string of the molecule is Cn1ccnc1-c1cccc(NC(=O)CC(O)c2cccc(F)c2)c1. The van der Waals surface area contributed by atoms with E-state index >= 15 is 0 Å². The molecular formula is C19H18FN3O2. The average Bonchev–Trinajstić information content (AvgIpc) is 3.01. The third-order valence-corrected chi connectivity index (χ3v) is 3.84. The second-order valence-corrected chi connectivity index (χ2v) is 5.77. The number of hydrogen-bond donors (Lipinski definition) is 2. The van der Waals surface area contributed by atoms with Crippen molar-refractivity contribution in [3.63, 3.8) is 0 Å². The number of aromatic nitrogens is 2. The van der Waals surface area contributed by atoms with Crippen LogP contribution in [0.2, 0.25) is 0 Å². The van der Waals surface area contributed by atoms with Crippen LogP contribution in [-0.4, -0.2) is 20.6 Å². The van der Waals surface area contributed by atoms with Gasteiger partial charge in [-0.3, -0.25) is 4.79 Å². The molecule has 0 aliphatic rings. The summed E-state index contributed by atoms with van der Waals surface area (Å²) in [6.45, 7) is 0. The van der Waals surface area contributed by atoms with Crippen molar-refractivity contribution in [3.8, 4) is 11.4 Å². The van der Waals surface area contributed by atoms with Crippen molar-refractivity contribution < 1.29 is 14.3 Å². The van der Waals surface area contributed by atoms with E-state index in [9.17, 15) is 14.3 Å². The largest absolute Gasteiger partial charge is 0.388 e. The molecule has 1 atom stereocenters. The highest BCUT2D eigenvalue weighted by molar-refractivity contribution is 5.91. The third-order valence-electron chi connectivity index (χ3n) is 3.84. The van der Waals surface area contributed by atoms with E-state index in [0.717, 1.165) is 11.4 Å².